The predicted octanol–water partition coefficient (Wildman–Crippen LogP) is 1.98. The summed E-state index contributed by atoms with van der Waals surface area (Å²) < 4.78 is 5.48. The molecular formula is C15H30N2O. The van der Waals surface area contributed by atoms with Crippen LogP contribution in [0.5, 0.6) is 0 Å². The molecule has 0 amide bonds. The highest BCUT2D eigenvalue weighted by molar-refractivity contribution is 4.78. The Morgan fingerprint density at radius 1 is 1.28 bits per heavy atom. The van der Waals surface area contributed by atoms with Gasteiger partial charge in [0.05, 0.1) is 6.61 Å². The highest BCUT2D eigenvalue weighted by Crippen LogP contribution is 2.20. The number of nitrogens with zero attached hydrogens (tertiary/aromatic N) is 1. The van der Waals surface area contributed by atoms with E-state index in [1.807, 2.05) is 0 Å². The minimum atomic E-state index is 0.764. The maximum Gasteiger partial charge on any atom is 0.0507 e. The van der Waals surface area contributed by atoms with Gasteiger partial charge in [-0.1, -0.05) is 13.8 Å². The summed E-state index contributed by atoms with van der Waals surface area (Å²) >= 11 is 0. The zero-order chi connectivity index (χ0) is 12.8. The van der Waals surface area contributed by atoms with Gasteiger partial charge >= 0.3 is 0 Å². The number of rotatable bonds is 6. The van der Waals surface area contributed by atoms with E-state index in [2.05, 4.69) is 24.1 Å². The maximum absolute atomic E-state index is 5.48. The molecule has 2 aliphatic rings. The van der Waals surface area contributed by atoms with Crippen LogP contribution in [0.2, 0.25) is 0 Å². The summed E-state index contributed by atoms with van der Waals surface area (Å²) in [6.07, 6.45) is 4.05. The van der Waals surface area contributed by atoms with Gasteiger partial charge in [0, 0.05) is 19.7 Å². The zero-order valence-corrected chi connectivity index (χ0v) is 12.2. The van der Waals surface area contributed by atoms with E-state index < -0.39 is 0 Å². The molecule has 106 valence electrons. The summed E-state index contributed by atoms with van der Waals surface area (Å²) in [5.74, 6) is 2.42. The molecule has 2 rings (SSSR count). The van der Waals surface area contributed by atoms with Crippen molar-refractivity contribution in [2.24, 2.45) is 17.8 Å². The van der Waals surface area contributed by atoms with Crippen LogP contribution in [0.4, 0.5) is 0 Å². The Kier molecular flexibility index (Phi) is 5.93. The third-order valence-corrected chi connectivity index (χ3v) is 4.13. The van der Waals surface area contributed by atoms with Crippen LogP contribution in [0.15, 0.2) is 0 Å². The maximum atomic E-state index is 5.48. The molecule has 1 N–H and O–H groups in total. The van der Waals surface area contributed by atoms with Crippen LogP contribution in [0, 0.1) is 17.8 Å². The number of nitrogens with one attached hydrogen (secondary N) is 1. The second-order valence-electron chi connectivity index (χ2n) is 6.55. The van der Waals surface area contributed by atoms with Crippen molar-refractivity contribution in [1.82, 2.24) is 10.2 Å². The molecule has 2 heterocycles. The molecule has 0 aromatic rings. The highest BCUT2D eigenvalue weighted by atomic mass is 16.5. The van der Waals surface area contributed by atoms with Crippen LogP contribution in [0.3, 0.4) is 0 Å². The molecule has 2 aliphatic heterocycles. The van der Waals surface area contributed by atoms with E-state index in [1.54, 1.807) is 0 Å². The van der Waals surface area contributed by atoms with E-state index in [1.165, 1.54) is 45.4 Å². The number of hydrogen-bond acceptors (Lipinski definition) is 3. The van der Waals surface area contributed by atoms with Crippen LogP contribution in [0.25, 0.3) is 0 Å². The molecule has 0 aromatic carbocycles. The molecule has 3 nitrogen and oxygen atoms in total. The van der Waals surface area contributed by atoms with Gasteiger partial charge in [-0.25, -0.2) is 0 Å². The lowest BCUT2D eigenvalue weighted by atomic mass is 9.96. The first kappa shape index (κ1) is 14.3. The molecule has 2 saturated heterocycles. The summed E-state index contributed by atoms with van der Waals surface area (Å²) in [5.41, 5.74) is 0. The van der Waals surface area contributed by atoms with Crippen molar-refractivity contribution in [2.45, 2.75) is 33.1 Å². The largest absolute Gasteiger partial charge is 0.381 e. The first-order valence-corrected chi connectivity index (χ1v) is 7.75. The molecule has 0 aromatic heterocycles. The van der Waals surface area contributed by atoms with Gasteiger partial charge in [0.2, 0.25) is 0 Å². The van der Waals surface area contributed by atoms with Crippen molar-refractivity contribution in [3.63, 3.8) is 0 Å². The molecule has 2 atom stereocenters. The number of piperidine rings is 1. The molecule has 2 fully saturated rings. The van der Waals surface area contributed by atoms with Crippen molar-refractivity contribution >= 4 is 0 Å². The Bertz CT molecular complexity index is 227. The summed E-state index contributed by atoms with van der Waals surface area (Å²) in [4.78, 5) is 2.67. The fourth-order valence-corrected chi connectivity index (χ4v) is 3.15. The van der Waals surface area contributed by atoms with Gasteiger partial charge in [0.15, 0.2) is 0 Å². The average molecular weight is 254 g/mol. The summed E-state index contributed by atoms with van der Waals surface area (Å²) in [6.45, 7) is 12.8. The normalized spacial score (nSPS) is 30.2. The molecule has 0 saturated carbocycles. The van der Waals surface area contributed by atoms with E-state index in [9.17, 15) is 0 Å². The molecular weight excluding hydrogens is 224 g/mol. The fraction of sp³-hybridized carbons (Fsp3) is 1.00. The number of likely N-dealkylation sites (tertiary alicyclic amines) is 1. The van der Waals surface area contributed by atoms with Crippen LogP contribution >= 0.6 is 0 Å². The minimum Gasteiger partial charge on any atom is -0.381 e. The van der Waals surface area contributed by atoms with E-state index in [0.29, 0.717) is 0 Å². The summed E-state index contributed by atoms with van der Waals surface area (Å²) in [6, 6.07) is 0. The lowest BCUT2D eigenvalue weighted by Gasteiger charge is -2.34. The van der Waals surface area contributed by atoms with Gasteiger partial charge in [-0.05, 0) is 56.7 Å². The van der Waals surface area contributed by atoms with Crippen molar-refractivity contribution in [1.29, 1.82) is 0 Å². The van der Waals surface area contributed by atoms with Crippen LogP contribution in [-0.4, -0.2) is 50.8 Å². The Balaban J connectivity index is 1.64. The number of ether oxygens (including phenoxy) is 1. The lowest BCUT2D eigenvalue weighted by molar-refractivity contribution is 0.133. The lowest BCUT2D eigenvalue weighted by Crippen LogP contribution is -2.42. The Labute approximate surface area is 112 Å². The third-order valence-electron chi connectivity index (χ3n) is 4.13. The van der Waals surface area contributed by atoms with Crippen molar-refractivity contribution in [2.75, 3.05) is 45.9 Å². The van der Waals surface area contributed by atoms with E-state index in [4.69, 9.17) is 4.74 Å². The zero-order valence-electron chi connectivity index (χ0n) is 12.2. The van der Waals surface area contributed by atoms with Gasteiger partial charge in [-0.2, -0.15) is 0 Å². The standard InChI is InChI=1S/C15H30N2O/c1-13(2)8-16-9-14-4-3-6-17(10-14)11-15-5-7-18-12-15/h13-16H,3-12H2,1-2H3. The smallest absolute Gasteiger partial charge is 0.0507 e. The molecule has 3 heteroatoms. The first-order valence-electron chi connectivity index (χ1n) is 7.75. The van der Waals surface area contributed by atoms with E-state index in [0.717, 1.165) is 37.5 Å². The minimum absolute atomic E-state index is 0.764. The van der Waals surface area contributed by atoms with Crippen molar-refractivity contribution in [3.8, 4) is 0 Å². The average Bonchev–Trinajstić information content (AvgIpc) is 2.82. The topological polar surface area (TPSA) is 24.5 Å². The molecule has 0 aliphatic carbocycles. The van der Waals surface area contributed by atoms with Crippen LogP contribution in [-0.2, 0) is 4.74 Å². The second kappa shape index (κ2) is 7.46. The van der Waals surface area contributed by atoms with Crippen LogP contribution < -0.4 is 5.32 Å². The van der Waals surface area contributed by atoms with Gasteiger partial charge < -0.3 is 15.0 Å². The van der Waals surface area contributed by atoms with E-state index in [-0.39, 0.29) is 0 Å². The Hall–Kier alpha value is -0.120. The monoisotopic (exact) mass is 254 g/mol. The third kappa shape index (κ3) is 4.87. The van der Waals surface area contributed by atoms with Gasteiger partial charge in [0.1, 0.15) is 0 Å². The van der Waals surface area contributed by atoms with Crippen LogP contribution in [0.1, 0.15) is 33.1 Å². The SMILES string of the molecule is CC(C)CNCC1CCCN(CC2CCOC2)C1. The van der Waals surface area contributed by atoms with Crippen molar-refractivity contribution < 1.29 is 4.74 Å². The molecule has 0 radical (unpaired) electrons. The molecule has 0 bridgehead atoms. The van der Waals surface area contributed by atoms with Crippen molar-refractivity contribution in [3.05, 3.63) is 0 Å². The number of hydrogen-bond donors (Lipinski definition) is 1. The fourth-order valence-electron chi connectivity index (χ4n) is 3.15. The quantitative estimate of drug-likeness (QED) is 0.784. The Morgan fingerprint density at radius 2 is 2.17 bits per heavy atom. The first-order chi connectivity index (χ1) is 8.74. The van der Waals surface area contributed by atoms with Gasteiger partial charge in [-0.15, -0.1) is 0 Å². The highest BCUT2D eigenvalue weighted by Gasteiger charge is 2.24. The summed E-state index contributed by atoms with van der Waals surface area (Å²) in [5, 5.41) is 3.62. The van der Waals surface area contributed by atoms with Gasteiger partial charge in [-0.3, -0.25) is 0 Å². The second-order valence-corrected chi connectivity index (χ2v) is 6.55. The Morgan fingerprint density at radius 3 is 2.89 bits per heavy atom. The summed E-state index contributed by atoms with van der Waals surface area (Å²) in [7, 11) is 0. The predicted molar refractivity (Wildman–Crippen MR) is 75.8 cm³/mol. The molecule has 0 spiro atoms. The van der Waals surface area contributed by atoms with Gasteiger partial charge in [0.25, 0.3) is 0 Å². The van der Waals surface area contributed by atoms with E-state index >= 15 is 0 Å². The molecule has 2 unspecified atom stereocenters. The molecule has 18 heavy (non-hydrogen) atoms.